The molecule has 5 rings (SSSR count). The molecule has 0 aliphatic carbocycles. The van der Waals surface area contributed by atoms with Crippen molar-refractivity contribution in [3.63, 3.8) is 0 Å². The summed E-state index contributed by atoms with van der Waals surface area (Å²) in [6.45, 7) is 3.48. The molecule has 0 radical (unpaired) electrons. The number of carbonyl (C=O) groups is 1. The fraction of sp³-hybridized carbons (Fsp3) is 0.200. The first-order chi connectivity index (χ1) is 16.2. The summed E-state index contributed by atoms with van der Waals surface area (Å²) in [5.74, 6) is 0.280. The van der Waals surface area contributed by atoms with Gasteiger partial charge in [0, 0.05) is 61.6 Å². The minimum Gasteiger partial charge on any atom is -0.368 e. The van der Waals surface area contributed by atoms with Gasteiger partial charge in [-0.1, -0.05) is 24.3 Å². The lowest BCUT2D eigenvalue weighted by Crippen LogP contribution is -2.47. The maximum absolute atomic E-state index is 13.2. The molecule has 4 aromatic rings. The Morgan fingerprint density at radius 1 is 0.848 bits per heavy atom. The lowest BCUT2D eigenvalue weighted by Gasteiger charge is -2.37. The first-order valence-corrected chi connectivity index (χ1v) is 10.9. The molecule has 0 bridgehead atoms. The SMILES string of the molecule is O=C(NCc1ccncc1)c1nnc(N2CCN(c3ccc(F)cc3)CC2)c2ccccc12. The van der Waals surface area contributed by atoms with E-state index in [1.54, 1.807) is 24.5 Å². The molecular formula is C25H23FN6O. The number of amides is 1. The van der Waals surface area contributed by atoms with E-state index in [-0.39, 0.29) is 11.7 Å². The molecule has 1 saturated heterocycles. The van der Waals surface area contributed by atoms with Crippen LogP contribution in [-0.4, -0.2) is 47.3 Å². The van der Waals surface area contributed by atoms with E-state index in [9.17, 15) is 9.18 Å². The Bertz CT molecular complexity index is 1260. The predicted molar refractivity (Wildman–Crippen MR) is 126 cm³/mol. The summed E-state index contributed by atoms with van der Waals surface area (Å²) in [5, 5.41) is 13.4. The highest BCUT2D eigenvalue weighted by Crippen LogP contribution is 2.27. The van der Waals surface area contributed by atoms with Crippen LogP contribution in [0.2, 0.25) is 0 Å². The summed E-state index contributed by atoms with van der Waals surface area (Å²) < 4.78 is 13.2. The third-order valence-corrected chi connectivity index (χ3v) is 5.86. The number of anilines is 2. The number of nitrogens with zero attached hydrogens (tertiary/aromatic N) is 5. The molecule has 1 fully saturated rings. The number of pyridine rings is 1. The fourth-order valence-electron chi connectivity index (χ4n) is 4.09. The van der Waals surface area contributed by atoms with E-state index in [4.69, 9.17) is 0 Å². The minimum absolute atomic E-state index is 0.232. The third-order valence-electron chi connectivity index (χ3n) is 5.86. The van der Waals surface area contributed by atoms with Gasteiger partial charge in [-0.2, -0.15) is 0 Å². The van der Waals surface area contributed by atoms with Crippen molar-refractivity contribution in [1.29, 1.82) is 0 Å². The molecule has 1 amide bonds. The van der Waals surface area contributed by atoms with E-state index >= 15 is 0 Å². The van der Waals surface area contributed by atoms with Gasteiger partial charge in [0.25, 0.3) is 5.91 Å². The van der Waals surface area contributed by atoms with Crippen LogP contribution in [0, 0.1) is 5.82 Å². The number of rotatable bonds is 5. The number of halogens is 1. The Hall–Kier alpha value is -4.07. The van der Waals surface area contributed by atoms with Gasteiger partial charge in [-0.3, -0.25) is 9.78 Å². The van der Waals surface area contributed by atoms with Crippen LogP contribution >= 0.6 is 0 Å². The monoisotopic (exact) mass is 442 g/mol. The van der Waals surface area contributed by atoms with Crippen LogP contribution in [0.4, 0.5) is 15.9 Å². The van der Waals surface area contributed by atoms with Gasteiger partial charge in [0.2, 0.25) is 0 Å². The molecule has 0 atom stereocenters. The largest absolute Gasteiger partial charge is 0.368 e. The number of hydrogen-bond acceptors (Lipinski definition) is 6. The highest BCUT2D eigenvalue weighted by molar-refractivity contribution is 6.07. The average molecular weight is 442 g/mol. The first kappa shape index (κ1) is 20.8. The van der Waals surface area contributed by atoms with Crippen molar-refractivity contribution in [3.05, 3.63) is 90.1 Å². The molecule has 8 heteroatoms. The maximum atomic E-state index is 13.2. The molecule has 3 heterocycles. The van der Waals surface area contributed by atoms with Crippen molar-refractivity contribution >= 4 is 28.2 Å². The lowest BCUT2D eigenvalue weighted by molar-refractivity contribution is 0.0947. The molecule has 33 heavy (non-hydrogen) atoms. The van der Waals surface area contributed by atoms with Gasteiger partial charge in [-0.05, 0) is 42.0 Å². The van der Waals surface area contributed by atoms with Crippen molar-refractivity contribution in [1.82, 2.24) is 20.5 Å². The number of nitrogens with one attached hydrogen (secondary N) is 1. The van der Waals surface area contributed by atoms with Crippen molar-refractivity contribution in [2.45, 2.75) is 6.54 Å². The molecule has 1 aliphatic heterocycles. The van der Waals surface area contributed by atoms with E-state index in [0.717, 1.165) is 54.0 Å². The van der Waals surface area contributed by atoms with Gasteiger partial charge in [-0.25, -0.2) is 4.39 Å². The van der Waals surface area contributed by atoms with Gasteiger partial charge in [0.05, 0.1) is 0 Å². The van der Waals surface area contributed by atoms with Gasteiger partial charge in [0.15, 0.2) is 11.5 Å². The summed E-state index contributed by atoms with van der Waals surface area (Å²) in [5.41, 5.74) is 2.29. The Morgan fingerprint density at radius 2 is 1.52 bits per heavy atom. The van der Waals surface area contributed by atoms with Crippen molar-refractivity contribution in [2.75, 3.05) is 36.0 Å². The molecule has 0 saturated carbocycles. The molecule has 166 valence electrons. The summed E-state index contributed by atoms with van der Waals surface area (Å²) in [4.78, 5) is 21.3. The van der Waals surface area contributed by atoms with Crippen LogP contribution in [0.15, 0.2) is 73.1 Å². The third kappa shape index (κ3) is 4.45. The smallest absolute Gasteiger partial charge is 0.272 e. The van der Waals surface area contributed by atoms with Gasteiger partial charge < -0.3 is 15.1 Å². The van der Waals surface area contributed by atoms with E-state index in [0.29, 0.717) is 12.2 Å². The average Bonchev–Trinajstić information content (AvgIpc) is 2.88. The Kier molecular flexibility index (Phi) is 5.80. The molecule has 1 N–H and O–H groups in total. The van der Waals surface area contributed by atoms with Gasteiger partial charge in [0.1, 0.15) is 5.82 Å². The number of fused-ring (bicyclic) bond motifs is 1. The normalized spacial score (nSPS) is 13.8. The molecule has 7 nitrogen and oxygen atoms in total. The van der Waals surface area contributed by atoms with E-state index in [1.807, 2.05) is 36.4 Å². The van der Waals surface area contributed by atoms with Crippen molar-refractivity contribution in [2.24, 2.45) is 0 Å². The molecule has 1 aliphatic rings. The molecule has 0 spiro atoms. The molecule has 2 aromatic carbocycles. The van der Waals surface area contributed by atoms with Crippen LogP contribution in [0.3, 0.4) is 0 Å². The van der Waals surface area contributed by atoms with E-state index < -0.39 is 0 Å². The number of piperazine rings is 1. The standard InChI is InChI=1S/C25H23FN6O/c26-19-5-7-20(8-6-19)31-13-15-32(16-14-31)24-22-4-2-1-3-21(22)23(29-30-24)25(33)28-17-18-9-11-27-12-10-18/h1-12H,13-17H2,(H,28,33). The Balaban J connectivity index is 1.34. The topological polar surface area (TPSA) is 74.2 Å². The number of hydrogen-bond donors (Lipinski definition) is 1. The van der Waals surface area contributed by atoms with Gasteiger partial charge in [-0.15, -0.1) is 10.2 Å². The van der Waals surface area contributed by atoms with Crippen LogP contribution in [0.25, 0.3) is 10.8 Å². The van der Waals surface area contributed by atoms with Crippen LogP contribution in [-0.2, 0) is 6.54 Å². The first-order valence-electron chi connectivity index (χ1n) is 10.9. The summed E-state index contributed by atoms with van der Waals surface area (Å²) in [6.07, 6.45) is 3.39. The highest BCUT2D eigenvalue weighted by atomic mass is 19.1. The second-order valence-corrected chi connectivity index (χ2v) is 7.91. The summed E-state index contributed by atoms with van der Waals surface area (Å²) in [7, 11) is 0. The minimum atomic E-state index is -0.261. The second-order valence-electron chi connectivity index (χ2n) is 7.91. The Morgan fingerprint density at radius 3 is 2.24 bits per heavy atom. The quantitative estimate of drug-likeness (QED) is 0.511. The van der Waals surface area contributed by atoms with Crippen molar-refractivity contribution in [3.8, 4) is 0 Å². The zero-order valence-corrected chi connectivity index (χ0v) is 18.0. The predicted octanol–water partition coefficient (Wildman–Crippen LogP) is 3.42. The van der Waals surface area contributed by atoms with Crippen LogP contribution in [0.1, 0.15) is 16.1 Å². The van der Waals surface area contributed by atoms with E-state index in [1.165, 1.54) is 12.1 Å². The zero-order valence-electron chi connectivity index (χ0n) is 18.0. The second kappa shape index (κ2) is 9.20. The molecule has 0 unspecified atom stereocenters. The van der Waals surface area contributed by atoms with Crippen LogP contribution in [0.5, 0.6) is 0 Å². The molecule has 2 aromatic heterocycles. The highest BCUT2D eigenvalue weighted by Gasteiger charge is 2.23. The van der Waals surface area contributed by atoms with Gasteiger partial charge >= 0.3 is 0 Å². The van der Waals surface area contributed by atoms with E-state index in [2.05, 4.69) is 30.3 Å². The maximum Gasteiger partial charge on any atom is 0.272 e. The van der Waals surface area contributed by atoms with Crippen molar-refractivity contribution < 1.29 is 9.18 Å². The zero-order chi connectivity index (χ0) is 22.6. The summed E-state index contributed by atoms with van der Waals surface area (Å²) in [6, 6.07) is 18.0. The van der Waals surface area contributed by atoms with Crippen LogP contribution < -0.4 is 15.1 Å². The summed E-state index contributed by atoms with van der Waals surface area (Å²) >= 11 is 0. The lowest BCUT2D eigenvalue weighted by atomic mass is 10.1. The Labute approximate surface area is 190 Å². The number of carbonyl (C=O) groups excluding carboxylic acids is 1. The number of benzene rings is 2. The number of aromatic nitrogens is 3. The fourth-order valence-corrected chi connectivity index (χ4v) is 4.09. The molecular weight excluding hydrogens is 419 g/mol.